The van der Waals surface area contributed by atoms with E-state index in [1.165, 1.54) is 21.0 Å². The third-order valence-corrected chi connectivity index (χ3v) is 14.2. The molecule has 0 spiro atoms. The number of likely N-dealkylation sites (N-methyl/N-ethyl adjacent to an activating group) is 2. The van der Waals surface area contributed by atoms with Crippen LogP contribution in [-0.2, 0) is 58.8 Å². The molecule has 3 aliphatic heterocycles. The second-order valence-electron chi connectivity index (χ2n) is 19.5. The number of nitrogens with zero attached hydrogens (tertiary/aromatic N) is 3. The van der Waals surface area contributed by atoms with E-state index >= 15 is 0 Å². The Kier molecular flexibility index (Phi) is 18.3. The van der Waals surface area contributed by atoms with E-state index in [9.17, 15) is 24.6 Å². The molecular weight excluding hydrogens is 815 g/mol. The topological polar surface area (TPSA) is 185 Å². The van der Waals surface area contributed by atoms with Crippen LogP contribution in [0.3, 0.4) is 0 Å². The number of esters is 2. The Balaban J connectivity index is 1.88. The number of rotatable bonds is 12. The Morgan fingerprint density at radius 2 is 1.51 bits per heavy atom. The van der Waals surface area contributed by atoms with Gasteiger partial charge in [-0.25, -0.2) is 0 Å². The average molecular weight is 894 g/mol. The van der Waals surface area contributed by atoms with Crippen LogP contribution in [0.25, 0.3) is 0 Å². The quantitative estimate of drug-likeness (QED) is 0.279. The Morgan fingerprint density at radius 1 is 0.905 bits per heavy atom. The zero-order valence-electron chi connectivity index (χ0n) is 40.7. The van der Waals surface area contributed by atoms with Gasteiger partial charge in [-0.15, -0.1) is 0 Å². The molecule has 3 fully saturated rings. The number of aliphatic hydroxyl groups excluding tert-OH is 1. The van der Waals surface area contributed by atoms with Crippen LogP contribution in [0.15, 0.2) is 24.5 Å². The Hall–Kier alpha value is -2.64. The van der Waals surface area contributed by atoms with Crippen LogP contribution in [0.2, 0.25) is 0 Å². The maximum absolute atomic E-state index is 14.5. The van der Waals surface area contributed by atoms with Crippen molar-refractivity contribution >= 4 is 17.7 Å². The van der Waals surface area contributed by atoms with Crippen LogP contribution < -0.4 is 0 Å². The number of aromatic nitrogens is 1. The molecule has 0 aromatic carbocycles. The molecule has 4 rings (SSSR count). The summed E-state index contributed by atoms with van der Waals surface area (Å²) in [5.74, 6) is -4.89. The Labute approximate surface area is 375 Å². The van der Waals surface area contributed by atoms with Gasteiger partial charge in [-0.05, 0) is 99.6 Å². The van der Waals surface area contributed by atoms with E-state index in [1.807, 2.05) is 53.9 Å². The van der Waals surface area contributed by atoms with Crippen LogP contribution in [0.5, 0.6) is 0 Å². The number of carbonyl (C=O) groups excluding carboxylic acids is 3. The highest BCUT2D eigenvalue weighted by Gasteiger charge is 2.55. The molecule has 2 N–H and O–H groups in total. The predicted octanol–water partition coefficient (Wildman–Crippen LogP) is 4.55. The van der Waals surface area contributed by atoms with Crippen LogP contribution in [0.1, 0.15) is 107 Å². The summed E-state index contributed by atoms with van der Waals surface area (Å²) in [6.07, 6.45) is -3.36. The third kappa shape index (κ3) is 12.0. The van der Waals surface area contributed by atoms with Gasteiger partial charge >= 0.3 is 11.9 Å². The minimum absolute atomic E-state index is 0.0268. The van der Waals surface area contributed by atoms with Gasteiger partial charge in [0.25, 0.3) is 0 Å². The number of aliphatic hydroxyl groups is 2. The highest BCUT2D eigenvalue weighted by molar-refractivity contribution is 5.83. The summed E-state index contributed by atoms with van der Waals surface area (Å²) >= 11 is 0. The molecule has 16 heteroatoms. The minimum Gasteiger partial charge on any atom is -0.459 e. The minimum atomic E-state index is -1.98. The molecule has 3 saturated heterocycles. The van der Waals surface area contributed by atoms with Crippen molar-refractivity contribution in [1.29, 1.82) is 0 Å². The second-order valence-corrected chi connectivity index (χ2v) is 19.5. The highest BCUT2D eigenvalue weighted by Crippen LogP contribution is 2.42. The zero-order chi connectivity index (χ0) is 47.4. The van der Waals surface area contributed by atoms with Crippen molar-refractivity contribution in [3.63, 3.8) is 0 Å². The largest absolute Gasteiger partial charge is 0.459 e. The van der Waals surface area contributed by atoms with Crippen LogP contribution in [0, 0.1) is 23.7 Å². The van der Waals surface area contributed by atoms with Gasteiger partial charge in [-0.2, -0.15) is 0 Å². The second kappa shape index (κ2) is 21.8. The van der Waals surface area contributed by atoms with Gasteiger partial charge in [0, 0.05) is 70.3 Å². The summed E-state index contributed by atoms with van der Waals surface area (Å²) in [6.45, 7) is 19.6. The zero-order valence-corrected chi connectivity index (χ0v) is 40.7. The summed E-state index contributed by atoms with van der Waals surface area (Å²) in [4.78, 5) is 49.6. The van der Waals surface area contributed by atoms with E-state index in [-0.39, 0.29) is 43.2 Å². The van der Waals surface area contributed by atoms with Crippen molar-refractivity contribution in [2.45, 2.75) is 193 Å². The number of Topliss-reactive ketones (excluding diaryl/α,β-unsaturated/α-hetero) is 1. The lowest BCUT2D eigenvalue weighted by Crippen LogP contribution is -2.64. The lowest BCUT2D eigenvalue weighted by atomic mass is 9.73. The van der Waals surface area contributed by atoms with E-state index in [0.29, 0.717) is 6.54 Å². The van der Waals surface area contributed by atoms with Gasteiger partial charge < -0.3 is 53.0 Å². The first-order valence-corrected chi connectivity index (χ1v) is 22.6. The summed E-state index contributed by atoms with van der Waals surface area (Å²) in [6, 6.07) is 3.68. The summed E-state index contributed by atoms with van der Waals surface area (Å²) < 4.78 is 51.8. The molecule has 1 aromatic rings. The van der Waals surface area contributed by atoms with Crippen molar-refractivity contribution in [3.8, 4) is 0 Å². The first kappa shape index (κ1) is 53.0. The smallest absolute Gasteiger partial charge is 0.311 e. The van der Waals surface area contributed by atoms with Crippen molar-refractivity contribution < 1.29 is 62.5 Å². The standard InChI is InChI=1S/C47H79N3O13/c1-17-35-47(11,55)40(53)28(4)38(52)26(2)23-45(9,56-15)41(63-44-37(49(12)13)34(22-27(3)58-44)50(14)25-33-18-20-48-21-19-33)29(5)39(30(6)43(54)61-35)62-36-24-46(10,57-16)42(31(7)59-36)60-32(8)51/h18-21,26-31,34-37,39-42,44,53,55H,17,22-25H2,1-16H3/t26-,27-,28+,29+,30-,31+,34-,35-,36+,37+,39+,40-,41-,42+,44+,45+,46-,47-/m1/s1. The molecule has 360 valence electrons. The van der Waals surface area contributed by atoms with E-state index in [2.05, 4.69) is 21.8 Å². The number of pyridine rings is 1. The normalized spacial score (nSPS) is 42.4. The fourth-order valence-electron chi connectivity index (χ4n) is 10.4. The number of ether oxygens (including phenoxy) is 8. The summed E-state index contributed by atoms with van der Waals surface area (Å²) in [7, 11) is 9.18. The van der Waals surface area contributed by atoms with E-state index < -0.39 is 102 Å². The monoisotopic (exact) mass is 894 g/mol. The molecule has 0 aliphatic carbocycles. The first-order chi connectivity index (χ1) is 29.3. The first-order valence-electron chi connectivity index (χ1n) is 22.6. The van der Waals surface area contributed by atoms with E-state index in [0.717, 1.165) is 12.0 Å². The lowest BCUT2D eigenvalue weighted by Gasteiger charge is -2.52. The van der Waals surface area contributed by atoms with Gasteiger partial charge in [0.2, 0.25) is 0 Å². The molecule has 63 heavy (non-hydrogen) atoms. The lowest BCUT2D eigenvalue weighted by molar-refractivity contribution is -0.315. The molecule has 0 saturated carbocycles. The molecule has 18 atom stereocenters. The van der Waals surface area contributed by atoms with Gasteiger partial charge in [0.05, 0.1) is 48.1 Å². The van der Waals surface area contributed by atoms with Crippen molar-refractivity contribution in [1.82, 2.24) is 14.8 Å². The molecule has 0 radical (unpaired) electrons. The number of methoxy groups -OCH3 is 2. The van der Waals surface area contributed by atoms with Gasteiger partial charge in [0.1, 0.15) is 23.1 Å². The van der Waals surface area contributed by atoms with Crippen molar-refractivity contribution in [2.75, 3.05) is 35.4 Å². The molecule has 16 nitrogen and oxygen atoms in total. The molecular formula is C47H79N3O13. The molecule has 3 aliphatic rings. The predicted molar refractivity (Wildman–Crippen MR) is 234 cm³/mol. The van der Waals surface area contributed by atoms with Crippen LogP contribution in [-0.4, -0.2) is 162 Å². The SMILES string of the molecule is CC[C@H]1OC(=O)[C@H](C)[C@@H](O[C@H]2C[C@@](C)(OC)[C@@H](OC(C)=O)[C@H](C)O2)[C@H](C)[C@@H](O[C@@H]2O[C@H](C)C[C@@H](N(C)Cc3ccncc3)[C@@H]2N(C)C)[C@@](C)(OC)C[C@@H](C)C(=O)[C@H](C)[C@@H](O)[C@]1(C)O. The number of hydrogen-bond acceptors (Lipinski definition) is 16. The van der Waals surface area contributed by atoms with Crippen molar-refractivity contribution in [3.05, 3.63) is 30.1 Å². The van der Waals surface area contributed by atoms with Crippen LogP contribution in [0.4, 0.5) is 0 Å². The summed E-state index contributed by atoms with van der Waals surface area (Å²) in [5, 5.41) is 23.5. The van der Waals surface area contributed by atoms with Gasteiger partial charge in [0.15, 0.2) is 18.7 Å². The fraction of sp³-hybridized carbons (Fsp3) is 0.830. The van der Waals surface area contributed by atoms with Crippen molar-refractivity contribution in [2.24, 2.45) is 23.7 Å². The molecule has 0 amide bonds. The Bertz CT molecular complexity index is 1650. The van der Waals surface area contributed by atoms with Crippen LogP contribution >= 0.6 is 0 Å². The van der Waals surface area contributed by atoms with E-state index in [1.54, 1.807) is 54.1 Å². The fourth-order valence-corrected chi connectivity index (χ4v) is 10.4. The number of ketones is 1. The molecule has 0 bridgehead atoms. The number of hydrogen-bond donors (Lipinski definition) is 2. The maximum atomic E-state index is 14.5. The molecule has 0 unspecified atom stereocenters. The average Bonchev–Trinajstić information content (AvgIpc) is 3.23. The van der Waals surface area contributed by atoms with Gasteiger partial charge in [-0.3, -0.25) is 24.3 Å². The number of carbonyl (C=O) groups is 3. The Morgan fingerprint density at radius 3 is 2.06 bits per heavy atom. The van der Waals surface area contributed by atoms with E-state index in [4.69, 9.17) is 37.9 Å². The summed E-state index contributed by atoms with van der Waals surface area (Å²) in [5.41, 5.74) is -3.13. The maximum Gasteiger partial charge on any atom is 0.311 e. The molecule has 1 aromatic heterocycles. The number of cyclic esters (lactones) is 1. The molecule has 4 heterocycles. The van der Waals surface area contributed by atoms with Gasteiger partial charge in [-0.1, -0.05) is 27.7 Å². The highest BCUT2D eigenvalue weighted by atomic mass is 16.7. The third-order valence-electron chi connectivity index (χ3n) is 14.2.